The second kappa shape index (κ2) is 8.80. The van der Waals surface area contributed by atoms with Crippen LogP contribution in [0.4, 0.5) is 0 Å². The summed E-state index contributed by atoms with van der Waals surface area (Å²) in [5.74, 6) is 1.04. The van der Waals surface area contributed by atoms with Crippen LogP contribution in [-0.4, -0.2) is 53.2 Å². The Labute approximate surface area is 189 Å². The molecule has 0 spiro atoms. The minimum atomic E-state index is -0.254. The number of carbonyl (C=O) groups is 1. The van der Waals surface area contributed by atoms with Crippen LogP contribution in [0.3, 0.4) is 0 Å². The van der Waals surface area contributed by atoms with Gasteiger partial charge in [0.2, 0.25) is 0 Å². The number of hydrogen-bond donors (Lipinski definition) is 1. The molecule has 5 rings (SSSR count). The van der Waals surface area contributed by atoms with Crippen LogP contribution in [0.15, 0.2) is 41.2 Å². The molecular weight excluding hydrogens is 434 g/mol. The summed E-state index contributed by atoms with van der Waals surface area (Å²) < 4.78 is 16.9. The highest BCUT2D eigenvalue weighted by Crippen LogP contribution is 2.38. The van der Waals surface area contributed by atoms with Crippen molar-refractivity contribution in [1.82, 2.24) is 14.9 Å². The van der Waals surface area contributed by atoms with Crippen molar-refractivity contribution in [2.75, 3.05) is 26.4 Å². The topological polar surface area (TPSA) is 93.8 Å². The van der Waals surface area contributed by atoms with Crippen molar-refractivity contribution in [3.05, 3.63) is 63.2 Å². The van der Waals surface area contributed by atoms with Crippen LogP contribution in [0.1, 0.15) is 29.0 Å². The molecule has 9 heteroatoms. The monoisotopic (exact) mass is 455 g/mol. The van der Waals surface area contributed by atoms with Gasteiger partial charge in [-0.25, -0.2) is 4.98 Å². The van der Waals surface area contributed by atoms with E-state index in [1.165, 1.54) is 0 Å². The van der Waals surface area contributed by atoms with E-state index in [0.717, 1.165) is 12.8 Å². The van der Waals surface area contributed by atoms with Gasteiger partial charge in [-0.2, -0.15) is 0 Å². The molecule has 1 N–H and O–H groups in total. The van der Waals surface area contributed by atoms with Gasteiger partial charge in [-0.1, -0.05) is 23.7 Å². The SMILES string of the molecule is O=C(c1cc(Cl)c2c(c1)OCCO2)N(Cc1nc2ccccc2c(=O)[nH]1)CC1CCCO1. The lowest BCUT2D eigenvalue weighted by atomic mass is 10.1. The van der Waals surface area contributed by atoms with E-state index < -0.39 is 0 Å². The number of ether oxygens (including phenoxy) is 3. The van der Waals surface area contributed by atoms with E-state index in [1.807, 2.05) is 6.07 Å². The van der Waals surface area contributed by atoms with Gasteiger partial charge >= 0.3 is 0 Å². The zero-order chi connectivity index (χ0) is 22.1. The number of aromatic nitrogens is 2. The van der Waals surface area contributed by atoms with Crippen LogP contribution in [0.5, 0.6) is 11.5 Å². The molecule has 1 saturated heterocycles. The Bertz CT molecular complexity index is 1220. The number of halogens is 1. The van der Waals surface area contributed by atoms with Crippen molar-refractivity contribution in [2.24, 2.45) is 0 Å². The first-order chi connectivity index (χ1) is 15.6. The fourth-order valence-electron chi connectivity index (χ4n) is 4.06. The molecule has 2 aliphatic heterocycles. The number of carbonyl (C=O) groups excluding carboxylic acids is 1. The Morgan fingerprint density at radius 2 is 2.03 bits per heavy atom. The van der Waals surface area contributed by atoms with Crippen molar-refractivity contribution in [3.8, 4) is 11.5 Å². The van der Waals surface area contributed by atoms with E-state index in [0.29, 0.717) is 65.2 Å². The van der Waals surface area contributed by atoms with Crippen LogP contribution < -0.4 is 15.0 Å². The normalized spacial score (nSPS) is 17.5. The summed E-state index contributed by atoms with van der Waals surface area (Å²) in [5, 5.41) is 0.826. The third kappa shape index (κ3) is 4.16. The summed E-state index contributed by atoms with van der Waals surface area (Å²) in [5.41, 5.74) is 0.719. The molecule has 166 valence electrons. The second-order valence-electron chi connectivity index (χ2n) is 7.83. The van der Waals surface area contributed by atoms with Crippen molar-refractivity contribution in [1.29, 1.82) is 0 Å². The van der Waals surface area contributed by atoms with Crippen LogP contribution in [0.2, 0.25) is 5.02 Å². The molecule has 1 unspecified atom stereocenters. The Morgan fingerprint density at radius 3 is 2.88 bits per heavy atom. The van der Waals surface area contributed by atoms with Gasteiger partial charge < -0.3 is 24.1 Å². The molecule has 0 aliphatic carbocycles. The van der Waals surface area contributed by atoms with Gasteiger partial charge in [0.05, 0.1) is 28.6 Å². The number of fused-ring (bicyclic) bond motifs is 2. The van der Waals surface area contributed by atoms with Gasteiger partial charge in [0, 0.05) is 18.7 Å². The molecule has 0 bridgehead atoms. The molecule has 0 radical (unpaired) electrons. The van der Waals surface area contributed by atoms with E-state index in [-0.39, 0.29) is 24.1 Å². The molecule has 0 saturated carbocycles. The van der Waals surface area contributed by atoms with Gasteiger partial charge in [-0.3, -0.25) is 9.59 Å². The van der Waals surface area contributed by atoms with E-state index in [4.69, 9.17) is 25.8 Å². The lowest BCUT2D eigenvalue weighted by Gasteiger charge is -2.26. The average Bonchev–Trinajstić information content (AvgIpc) is 3.31. The van der Waals surface area contributed by atoms with Crippen LogP contribution >= 0.6 is 11.6 Å². The maximum absolute atomic E-state index is 13.5. The van der Waals surface area contributed by atoms with E-state index >= 15 is 0 Å². The van der Waals surface area contributed by atoms with Gasteiger partial charge in [-0.15, -0.1) is 0 Å². The quantitative estimate of drug-likeness (QED) is 0.635. The van der Waals surface area contributed by atoms with Crippen molar-refractivity contribution < 1.29 is 19.0 Å². The first-order valence-corrected chi connectivity index (χ1v) is 10.9. The van der Waals surface area contributed by atoms with Crippen LogP contribution in [0.25, 0.3) is 10.9 Å². The fraction of sp³-hybridized carbons (Fsp3) is 0.348. The third-order valence-corrected chi connectivity index (χ3v) is 5.86. The highest BCUT2D eigenvalue weighted by Gasteiger charge is 2.27. The van der Waals surface area contributed by atoms with E-state index in [9.17, 15) is 9.59 Å². The number of hydrogen-bond acceptors (Lipinski definition) is 6. The number of H-pyrrole nitrogens is 1. The number of nitrogens with zero attached hydrogens (tertiary/aromatic N) is 2. The summed E-state index contributed by atoms with van der Waals surface area (Å²) in [7, 11) is 0. The second-order valence-corrected chi connectivity index (χ2v) is 8.24. The summed E-state index contributed by atoms with van der Waals surface area (Å²) in [6.45, 7) is 1.98. The highest BCUT2D eigenvalue weighted by atomic mass is 35.5. The molecule has 8 nitrogen and oxygen atoms in total. The zero-order valence-corrected chi connectivity index (χ0v) is 18.1. The molecule has 2 aromatic carbocycles. The number of aromatic amines is 1. The largest absolute Gasteiger partial charge is 0.486 e. The number of benzene rings is 2. The smallest absolute Gasteiger partial charge is 0.258 e. The van der Waals surface area contributed by atoms with Gasteiger partial charge in [0.15, 0.2) is 11.5 Å². The Balaban J connectivity index is 1.47. The average molecular weight is 456 g/mol. The maximum atomic E-state index is 13.5. The molecule has 3 aromatic rings. The minimum absolute atomic E-state index is 0.0705. The Kier molecular flexibility index (Phi) is 5.71. The summed E-state index contributed by atoms with van der Waals surface area (Å²) >= 11 is 6.35. The predicted octanol–water partition coefficient (Wildman–Crippen LogP) is 3.17. The third-order valence-electron chi connectivity index (χ3n) is 5.58. The number of amides is 1. The Hall–Kier alpha value is -3.10. The lowest BCUT2D eigenvalue weighted by Crippen LogP contribution is -2.38. The van der Waals surface area contributed by atoms with E-state index in [1.54, 1.807) is 35.2 Å². The maximum Gasteiger partial charge on any atom is 0.258 e. The van der Waals surface area contributed by atoms with Crippen LogP contribution in [0, 0.1) is 0 Å². The lowest BCUT2D eigenvalue weighted by molar-refractivity contribution is 0.0500. The molecule has 3 heterocycles. The van der Waals surface area contributed by atoms with E-state index in [2.05, 4.69) is 9.97 Å². The van der Waals surface area contributed by atoms with Crippen molar-refractivity contribution >= 4 is 28.4 Å². The Morgan fingerprint density at radius 1 is 1.19 bits per heavy atom. The molecule has 2 aliphatic rings. The minimum Gasteiger partial charge on any atom is -0.486 e. The first kappa shape index (κ1) is 20.8. The van der Waals surface area contributed by atoms with Crippen LogP contribution in [-0.2, 0) is 11.3 Å². The van der Waals surface area contributed by atoms with Crippen molar-refractivity contribution in [2.45, 2.75) is 25.5 Å². The molecule has 32 heavy (non-hydrogen) atoms. The number of para-hydroxylation sites is 1. The molecular formula is C23H22ClN3O5. The molecule has 1 atom stereocenters. The number of rotatable bonds is 5. The first-order valence-electron chi connectivity index (χ1n) is 10.6. The summed E-state index contributed by atoms with van der Waals surface area (Å²) in [6.07, 6.45) is 1.75. The standard InChI is InChI=1S/C23H22ClN3O5/c24-17-10-14(11-19-21(17)32-9-8-31-19)23(29)27(12-15-4-3-7-30-15)13-20-25-18-6-2-1-5-16(18)22(28)26-20/h1-2,5-6,10-11,15H,3-4,7-9,12-13H2,(H,25,26,28). The molecule has 1 amide bonds. The fourth-order valence-corrected chi connectivity index (χ4v) is 4.33. The van der Waals surface area contributed by atoms with Crippen molar-refractivity contribution in [3.63, 3.8) is 0 Å². The van der Waals surface area contributed by atoms with Gasteiger partial charge in [0.25, 0.3) is 11.5 Å². The number of nitrogens with one attached hydrogen (secondary N) is 1. The zero-order valence-electron chi connectivity index (χ0n) is 17.3. The summed E-state index contributed by atoms with van der Waals surface area (Å²) in [6, 6.07) is 10.3. The molecule has 1 aromatic heterocycles. The predicted molar refractivity (Wildman–Crippen MR) is 119 cm³/mol. The van der Waals surface area contributed by atoms with Gasteiger partial charge in [0.1, 0.15) is 19.0 Å². The summed E-state index contributed by atoms with van der Waals surface area (Å²) in [4.78, 5) is 35.0. The highest BCUT2D eigenvalue weighted by molar-refractivity contribution is 6.32. The van der Waals surface area contributed by atoms with Gasteiger partial charge in [-0.05, 0) is 37.1 Å². The molecule has 1 fully saturated rings.